The lowest BCUT2D eigenvalue weighted by Gasteiger charge is -2.19. The molecule has 76 valence electrons. The molecule has 1 aliphatic rings. The average Bonchev–Trinajstić information content (AvgIpc) is 2.45. The van der Waals surface area contributed by atoms with Crippen molar-refractivity contribution in [3.8, 4) is 0 Å². The lowest BCUT2D eigenvalue weighted by molar-refractivity contribution is 0.152. The van der Waals surface area contributed by atoms with Gasteiger partial charge in [0.1, 0.15) is 0 Å². The van der Waals surface area contributed by atoms with Gasteiger partial charge in [-0.15, -0.1) is 0 Å². The number of hydrogen-bond donors (Lipinski definition) is 0. The van der Waals surface area contributed by atoms with Crippen molar-refractivity contribution in [2.75, 3.05) is 31.2 Å². The highest BCUT2D eigenvalue weighted by molar-refractivity contribution is 5.29. The van der Waals surface area contributed by atoms with Crippen molar-refractivity contribution in [3.05, 3.63) is 18.0 Å². The van der Waals surface area contributed by atoms with E-state index in [9.17, 15) is 0 Å². The highest BCUT2D eigenvalue weighted by Crippen LogP contribution is 2.09. The van der Waals surface area contributed by atoms with E-state index in [2.05, 4.69) is 14.9 Å². The molecule has 1 aromatic rings. The summed E-state index contributed by atoms with van der Waals surface area (Å²) in [5.41, 5.74) is 1.01. The number of rotatable bonds is 1. The van der Waals surface area contributed by atoms with Crippen LogP contribution in [0.2, 0.25) is 0 Å². The van der Waals surface area contributed by atoms with Gasteiger partial charge in [0, 0.05) is 31.6 Å². The fourth-order valence-corrected chi connectivity index (χ4v) is 1.53. The molecule has 0 amide bonds. The number of anilines is 1. The lowest BCUT2D eigenvalue weighted by Crippen LogP contribution is -2.27. The van der Waals surface area contributed by atoms with Crippen LogP contribution in [0.3, 0.4) is 0 Å². The van der Waals surface area contributed by atoms with Gasteiger partial charge in [0.2, 0.25) is 5.95 Å². The van der Waals surface area contributed by atoms with Crippen molar-refractivity contribution in [2.24, 2.45) is 0 Å². The largest absolute Gasteiger partial charge is 0.380 e. The van der Waals surface area contributed by atoms with E-state index >= 15 is 0 Å². The second-order valence-electron chi connectivity index (χ2n) is 3.45. The summed E-state index contributed by atoms with van der Waals surface area (Å²) in [6, 6.07) is 1.91. The number of nitrogens with zero attached hydrogens (tertiary/aromatic N) is 3. The minimum atomic E-state index is 0.775. The number of hydrogen-bond acceptors (Lipinski definition) is 4. The monoisotopic (exact) mass is 193 g/mol. The van der Waals surface area contributed by atoms with Crippen LogP contribution in [0.5, 0.6) is 0 Å². The van der Waals surface area contributed by atoms with Gasteiger partial charge in [0.25, 0.3) is 0 Å². The van der Waals surface area contributed by atoms with Crippen molar-refractivity contribution in [3.63, 3.8) is 0 Å². The Labute approximate surface area is 83.9 Å². The van der Waals surface area contributed by atoms with Gasteiger partial charge >= 0.3 is 0 Å². The van der Waals surface area contributed by atoms with Crippen LogP contribution < -0.4 is 4.90 Å². The normalized spacial score (nSPS) is 17.9. The molecule has 1 aromatic heterocycles. The summed E-state index contributed by atoms with van der Waals surface area (Å²) < 4.78 is 5.38. The van der Waals surface area contributed by atoms with Gasteiger partial charge in [-0.1, -0.05) is 0 Å². The predicted molar refractivity (Wildman–Crippen MR) is 54.4 cm³/mol. The van der Waals surface area contributed by atoms with E-state index in [0.29, 0.717) is 0 Å². The molecule has 0 spiro atoms. The van der Waals surface area contributed by atoms with Crippen molar-refractivity contribution in [1.29, 1.82) is 0 Å². The Hall–Kier alpha value is -1.16. The van der Waals surface area contributed by atoms with Crippen LogP contribution in [0.1, 0.15) is 12.1 Å². The van der Waals surface area contributed by atoms with E-state index in [-0.39, 0.29) is 0 Å². The first kappa shape index (κ1) is 9.40. The minimum absolute atomic E-state index is 0.775. The third-order valence-electron chi connectivity index (χ3n) is 2.29. The Kier molecular flexibility index (Phi) is 2.93. The van der Waals surface area contributed by atoms with Crippen LogP contribution in [0.25, 0.3) is 0 Å². The number of ether oxygens (including phenoxy) is 1. The highest BCUT2D eigenvalue weighted by Gasteiger charge is 2.11. The summed E-state index contributed by atoms with van der Waals surface area (Å²) >= 11 is 0. The van der Waals surface area contributed by atoms with Crippen LogP contribution in [-0.2, 0) is 4.74 Å². The van der Waals surface area contributed by atoms with Crippen LogP contribution in [0.4, 0.5) is 5.95 Å². The van der Waals surface area contributed by atoms with E-state index in [1.807, 2.05) is 19.2 Å². The fourth-order valence-electron chi connectivity index (χ4n) is 1.53. The molecule has 4 nitrogen and oxygen atoms in total. The zero-order chi connectivity index (χ0) is 9.80. The van der Waals surface area contributed by atoms with E-state index in [1.54, 1.807) is 0 Å². The van der Waals surface area contributed by atoms with Gasteiger partial charge in [-0.25, -0.2) is 9.97 Å². The quantitative estimate of drug-likeness (QED) is 0.667. The summed E-state index contributed by atoms with van der Waals surface area (Å²) in [5.74, 6) is 0.829. The summed E-state index contributed by atoms with van der Waals surface area (Å²) in [6.07, 6.45) is 2.86. The second-order valence-corrected chi connectivity index (χ2v) is 3.45. The van der Waals surface area contributed by atoms with Gasteiger partial charge in [-0.3, -0.25) is 0 Å². The molecule has 4 heteroatoms. The first-order chi connectivity index (χ1) is 6.86. The minimum Gasteiger partial charge on any atom is -0.380 e. The van der Waals surface area contributed by atoms with Crippen molar-refractivity contribution in [2.45, 2.75) is 13.3 Å². The molecule has 1 fully saturated rings. The molecule has 0 atom stereocenters. The number of aryl methyl sites for hydroxylation is 1. The van der Waals surface area contributed by atoms with E-state index < -0.39 is 0 Å². The van der Waals surface area contributed by atoms with Crippen molar-refractivity contribution >= 4 is 5.95 Å². The molecule has 0 aliphatic carbocycles. The number of aromatic nitrogens is 2. The highest BCUT2D eigenvalue weighted by atomic mass is 16.5. The van der Waals surface area contributed by atoms with Crippen LogP contribution in [0, 0.1) is 6.92 Å². The van der Waals surface area contributed by atoms with Gasteiger partial charge in [-0.05, 0) is 19.4 Å². The van der Waals surface area contributed by atoms with E-state index in [4.69, 9.17) is 4.74 Å². The summed E-state index contributed by atoms with van der Waals surface area (Å²) in [7, 11) is 0. The molecule has 2 heterocycles. The van der Waals surface area contributed by atoms with Crippen molar-refractivity contribution in [1.82, 2.24) is 9.97 Å². The maximum absolute atomic E-state index is 5.38. The van der Waals surface area contributed by atoms with Gasteiger partial charge in [-0.2, -0.15) is 0 Å². The van der Waals surface area contributed by atoms with Gasteiger partial charge < -0.3 is 9.64 Å². The van der Waals surface area contributed by atoms with E-state index in [0.717, 1.165) is 44.4 Å². The topological polar surface area (TPSA) is 38.2 Å². The first-order valence-electron chi connectivity index (χ1n) is 4.98. The Bertz CT molecular complexity index is 295. The fraction of sp³-hybridized carbons (Fsp3) is 0.600. The third-order valence-corrected chi connectivity index (χ3v) is 2.29. The molecule has 0 aromatic carbocycles. The van der Waals surface area contributed by atoms with Gasteiger partial charge in [0.05, 0.1) is 6.61 Å². The Balaban J connectivity index is 2.12. The smallest absolute Gasteiger partial charge is 0.225 e. The zero-order valence-corrected chi connectivity index (χ0v) is 8.44. The second kappa shape index (κ2) is 4.37. The molecule has 0 unspecified atom stereocenters. The molecule has 0 saturated carbocycles. The molecule has 14 heavy (non-hydrogen) atoms. The van der Waals surface area contributed by atoms with E-state index in [1.165, 1.54) is 0 Å². The molecular weight excluding hydrogens is 178 g/mol. The third kappa shape index (κ3) is 2.20. The molecule has 0 radical (unpaired) electrons. The van der Waals surface area contributed by atoms with Crippen LogP contribution in [0.15, 0.2) is 12.3 Å². The van der Waals surface area contributed by atoms with Crippen LogP contribution in [-0.4, -0.2) is 36.3 Å². The van der Waals surface area contributed by atoms with Crippen LogP contribution >= 0.6 is 0 Å². The maximum Gasteiger partial charge on any atom is 0.225 e. The Morgan fingerprint density at radius 2 is 2.29 bits per heavy atom. The molecule has 1 saturated heterocycles. The Morgan fingerprint density at radius 3 is 3.14 bits per heavy atom. The molecular formula is C10H15N3O. The maximum atomic E-state index is 5.38. The SMILES string of the molecule is Cc1ccnc(N2CCCOCC2)n1. The summed E-state index contributed by atoms with van der Waals surface area (Å²) in [5, 5.41) is 0. The molecule has 0 bridgehead atoms. The average molecular weight is 193 g/mol. The van der Waals surface area contributed by atoms with Gasteiger partial charge in [0.15, 0.2) is 0 Å². The predicted octanol–water partition coefficient (Wildman–Crippen LogP) is 1.01. The lowest BCUT2D eigenvalue weighted by atomic mass is 10.4. The first-order valence-corrected chi connectivity index (χ1v) is 4.98. The zero-order valence-electron chi connectivity index (χ0n) is 8.44. The Morgan fingerprint density at radius 1 is 1.36 bits per heavy atom. The molecule has 2 rings (SSSR count). The molecule has 0 N–H and O–H groups in total. The van der Waals surface area contributed by atoms with Crippen molar-refractivity contribution < 1.29 is 4.74 Å². The summed E-state index contributed by atoms with van der Waals surface area (Å²) in [6.45, 7) is 5.49. The standard InChI is InChI=1S/C10H15N3O/c1-9-3-4-11-10(12-9)13-5-2-7-14-8-6-13/h3-4H,2,5-8H2,1H3. The summed E-state index contributed by atoms with van der Waals surface area (Å²) in [4.78, 5) is 10.8. The molecule has 1 aliphatic heterocycles.